The smallest absolute Gasteiger partial charge is 0.317 e. The fourth-order valence-electron chi connectivity index (χ4n) is 2.85. The molecule has 2 rings (SSSR count). The van der Waals surface area contributed by atoms with Gasteiger partial charge in [-0.3, -0.25) is 4.90 Å². The van der Waals surface area contributed by atoms with E-state index in [-0.39, 0.29) is 18.3 Å². The molecule has 6 nitrogen and oxygen atoms in total. The van der Waals surface area contributed by atoms with Crippen molar-refractivity contribution in [2.75, 3.05) is 38.7 Å². The van der Waals surface area contributed by atoms with E-state index >= 15 is 0 Å². The minimum absolute atomic E-state index is 0.0435. The van der Waals surface area contributed by atoms with Gasteiger partial charge in [-0.1, -0.05) is 24.3 Å². The molecular weight excluding hydrogens is 326 g/mol. The Labute approximate surface area is 144 Å². The van der Waals surface area contributed by atoms with Gasteiger partial charge in [0.05, 0.1) is 5.75 Å². The van der Waals surface area contributed by atoms with Crippen molar-refractivity contribution in [1.82, 2.24) is 15.1 Å². The molecule has 1 heterocycles. The number of benzene rings is 1. The van der Waals surface area contributed by atoms with Gasteiger partial charge < -0.3 is 10.2 Å². The summed E-state index contributed by atoms with van der Waals surface area (Å²) >= 11 is 0. The Balaban J connectivity index is 1.90. The van der Waals surface area contributed by atoms with Crippen molar-refractivity contribution >= 4 is 15.9 Å². The lowest BCUT2D eigenvalue weighted by atomic mass is 10.1. The first kappa shape index (κ1) is 18.7. The number of rotatable bonds is 7. The summed E-state index contributed by atoms with van der Waals surface area (Å²) in [6.07, 6.45) is 3.67. The van der Waals surface area contributed by atoms with Gasteiger partial charge in [0.1, 0.15) is 9.84 Å². The molecule has 0 aliphatic carbocycles. The summed E-state index contributed by atoms with van der Waals surface area (Å²) in [5, 5.41) is 2.65. The summed E-state index contributed by atoms with van der Waals surface area (Å²) in [5.41, 5.74) is 2.38. The van der Waals surface area contributed by atoms with Crippen LogP contribution >= 0.6 is 0 Å². The average Bonchev–Trinajstić information content (AvgIpc) is 3.00. The molecule has 1 aromatic rings. The Hall–Kier alpha value is -1.60. The number of amides is 2. The maximum atomic E-state index is 12.1. The van der Waals surface area contributed by atoms with E-state index in [9.17, 15) is 13.2 Å². The first-order valence-electron chi connectivity index (χ1n) is 8.31. The van der Waals surface area contributed by atoms with Crippen LogP contribution in [0, 0.1) is 0 Å². The topological polar surface area (TPSA) is 69.7 Å². The summed E-state index contributed by atoms with van der Waals surface area (Å²) in [5.74, 6) is -0.0435. The minimum atomic E-state index is -3.06. The number of sulfone groups is 1. The second kappa shape index (κ2) is 8.48. The third-order valence-electron chi connectivity index (χ3n) is 4.21. The maximum absolute atomic E-state index is 12.1. The quantitative estimate of drug-likeness (QED) is 0.806. The molecule has 1 N–H and O–H groups in total. The van der Waals surface area contributed by atoms with Gasteiger partial charge in [-0.2, -0.15) is 0 Å². The van der Waals surface area contributed by atoms with Gasteiger partial charge in [0, 0.05) is 32.9 Å². The summed E-state index contributed by atoms with van der Waals surface area (Å²) in [6, 6.07) is 7.92. The Morgan fingerprint density at radius 1 is 1.21 bits per heavy atom. The monoisotopic (exact) mass is 353 g/mol. The molecule has 0 spiro atoms. The molecular formula is C17H27N3O3S. The van der Waals surface area contributed by atoms with E-state index in [0.29, 0.717) is 6.54 Å². The second-order valence-electron chi connectivity index (χ2n) is 6.47. The van der Waals surface area contributed by atoms with Gasteiger partial charge >= 0.3 is 6.03 Å². The van der Waals surface area contributed by atoms with Crippen LogP contribution in [-0.2, 0) is 22.9 Å². The Bertz CT molecular complexity index is 655. The third-order valence-corrected chi connectivity index (χ3v) is 5.16. The molecule has 0 bridgehead atoms. The predicted molar refractivity (Wildman–Crippen MR) is 95.5 cm³/mol. The van der Waals surface area contributed by atoms with Crippen LogP contribution in [0.25, 0.3) is 0 Å². The van der Waals surface area contributed by atoms with Crippen LogP contribution in [0.5, 0.6) is 0 Å². The molecule has 0 radical (unpaired) electrons. The van der Waals surface area contributed by atoms with E-state index in [2.05, 4.69) is 16.3 Å². The van der Waals surface area contributed by atoms with Crippen LogP contribution in [0.2, 0.25) is 0 Å². The molecule has 0 saturated carbocycles. The maximum Gasteiger partial charge on any atom is 0.317 e. The Morgan fingerprint density at radius 2 is 1.83 bits per heavy atom. The number of urea groups is 1. The SMILES string of the molecule is CN(Cc1ccccc1CN1CCCC1)C(=O)NCCS(C)(=O)=O. The molecule has 1 aromatic carbocycles. The first-order valence-corrected chi connectivity index (χ1v) is 10.4. The number of nitrogens with zero attached hydrogens (tertiary/aromatic N) is 2. The number of carbonyl (C=O) groups is 1. The van der Waals surface area contributed by atoms with E-state index in [0.717, 1.165) is 31.5 Å². The van der Waals surface area contributed by atoms with Gasteiger partial charge in [0.15, 0.2) is 0 Å². The molecule has 1 aliphatic rings. The second-order valence-corrected chi connectivity index (χ2v) is 8.73. The van der Waals surface area contributed by atoms with Crippen LogP contribution in [0.1, 0.15) is 24.0 Å². The van der Waals surface area contributed by atoms with E-state index in [1.54, 1.807) is 11.9 Å². The summed E-state index contributed by atoms with van der Waals surface area (Å²) in [4.78, 5) is 16.1. The van der Waals surface area contributed by atoms with Gasteiger partial charge in [-0.15, -0.1) is 0 Å². The third kappa shape index (κ3) is 6.13. The Kier molecular flexibility index (Phi) is 6.62. The average molecular weight is 353 g/mol. The van der Waals surface area contributed by atoms with Crippen molar-refractivity contribution in [2.45, 2.75) is 25.9 Å². The minimum Gasteiger partial charge on any atom is -0.337 e. The molecule has 7 heteroatoms. The molecule has 0 atom stereocenters. The van der Waals surface area contributed by atoms with Crippen molar-refractivity contribution in [2.24, 2.45) is 0 Å². The fraction of sp³-hybridized carbons (Fsp3) is 0.588. The zero-order chi connectivity index (χ0) is 17.6. The van der Waals surface area contributed by atoms with Crippen molar-refractivity contribution in [3.05, 3.63) is 35.4 Å². The normalized spacial score (nSPS) is 15.4. The number of hydrogen-bond donors (Lipinski definition) is 1. The zero-order valence-electron chi connectivity index (χ0n) is 14.5. The largest absolute Gasteiger partial charge is 0.337 e. The molecule has 1 fully saturated rings. The number of carbonyl (C=O) groups excluding carboxylic acids is 1. The highest BCUT2D eigenvalue weighted by atomic mass is 32.2. The van der Waals surface area contributed by atoms with Crippen LogP contribution in [0.4, 0.5) is 4.79 Å². The van der Waals surface area contributed by atoms with Crippen molar-refractivity contribution < 1.29 is 13.2 Å². The number of nitrogens with one attached hydrogen (secondary N) is 1. The predicted octanol–water partition coefficient (Wildman–Crippen LogP) is 1.47. The number of hydrogen-bond acceptors (Lipinski definition) is 4. The van der Waals surface area contributed by atoms with Crippen molar-refractivity contribution in [3.63, 3.8) is 0 Å². The highest BCUT2D eigenvalue weighted by Gasteiger charge is 2.15. The highest BCUT2D eigenvalue weighted by Crippen LogP contribution is 2.17. The fourth-order valence-corrected chi connectivity index (χ4v) is 3.33. The van der Waals surface area contributed by atoms with Gasteiger partial charge in [0.25, 0.3) is 0 Å². The molecule has 1 aliphatic heterocycles. The number of likely N-dealkylation sites (tertiary alicyclic amines) is 1. The van der Waals surface area contributed by atoms with Crippen LogP contribution in [-0.4, -0.2) is 62.9 Å². The van der Waals surface area contributed by atoms with Gasteiger partial charge in [-0.05, 0) is 37.1 Å². The lowest BCUT2D eigenvalue weighted by molar-refractivity contribution is 0.207. The lowest BCUT2D eigenvalue weighted by Crippen LogP contribution is -2.39. The Morgan fingerprint density at radius 3 is 2.46 bits per heavy atom. The van der Waals surface area contributed by atoms with Crippen molar-refractivity contribution in [3.8, 4) is 0 Å². The molecule has 0 unspecified atom stereocenters. The van der Waals surface area contributed by atoms with E-state index in [1.807, 2.05) is 18.2 Å². The van der Waals surface area contributed by atoms with Gasteiger partial charge in [-0.25, -0.2) is 13.2 Å². The van der Waals surface area contributed by atoms with Crippen LogP contribution in [0.15, 0.2) is 24.3 Å². The van der Waals surface area contributed by atoms with E-state index in [1.165, 1.54) is 18.4 Å². The van der Waals surface area contributed by atoms with E-state index < -0.39 is 9.84 Å². The van der Waals surface area contributed by atoms with Crippen LogP contribution < -0.4 is 5.32 Å². The molecule has 134 valence electrons. The zero-order valence-corrected chi connectivity index (χ0v) is 15.3. The summed E-state index contributed by atoms with van der Waals surface area (Å²) < 4.78 is 22.2. The summed E-state index contributed by atoms with van der Waals surface area (Å²) in [6.45, 7) is 3.83. The highest BCUT2D eigenvalue weighted by molar-refractivity contribution is 7.90. The molecule has 24 heavy (non-hydrogen) atoms. The lowest BCUT2D eigenvalue weighted by Gasteiger charge is -2.22. The van der Waals surface area contributed by atoms with Crippen molar-refractivity contribution in [1.29, 1.82) is 0 Å². The first-order chi connectivity index (χ1) is 11.3. The molecule has 1 saturated heterocycles. The standard InChI is InChI=1S/C17H27N3O3S/c1-19(17(21)18-9-12-24(2,22)23)13-15-7-3-4-8-16(15)14-20-10-5-6-11-20/h3-4,7-8H,5-6,9-14H2,1-2H3,(H,18,21). The summed E-state index contributed by atoms with van der Waals surface area (Å²) in [7, 11) is -1.34. The molecule has 0 aromatic heterocycles. The van der Waals surface area contributed by atoms with E-state index in [4.69, 9.17) is 0 Å². The van der Waals surface area contributed by atoms with Gasteiger partial charge in [0.2, 0.25) is 0 Å². The van der Waals surface area contributed by atoms with Crippen LogP contribution in [0.3, 0.4) is 0 Å². The molecule has 2 amide bonds.